The molecule has 2 heterocycles. The number of methoxy groups -OCH3 is 1. The third-order valence-corrected chi connectivity index (χ3v) is 4.84. The molecule has 0 aliphatic carbocycles. The molecule has 7 heteroatoms. The van der Waals surface area contributed by atoms with Gasteiger partial charge in [-0.05, 0) is 24.6 Å². The number of rotatable bonds is 6. The zero-order valence-corrected chi connectivity index (χ0v) is 15.3. The predicted octanol–water partition coefficient (Wildman–Crippen LogP) is 2.55. The molecule has 0 spiro atoms. The van der Waals surface area contributed by atoms with E-state index in [0.717, 1.165) is 43.1 Å². The van der Waals surface area contributed by atoms with Crippen LogP contribution in [0.3, 0.4) is 0 Å². The quantitative estimate of drug-likeness (QED) is 0.857. The lowest BCUT2D eigenvalue weighted by molar-refractivity contribution is 0.0938. The molecule has 25 heavy (non-hydrogen) atoms. The van der Waals surface area contributed by atoms with E-state index in [0.29, 0.717) is 12.2 Å². The third kappa shape index (κ3) is 4.49. The number of carbonyl (C=O) groups is 1. The van der Waals surface area contributed by atoms with Gasteiger partial charge < -0.3 is 14.8 Å². The molecular weight excluding hydrogens is 338 g/mol. The van der Waals surface area contributed by atoms with Gasteiger partial charge in [0.2, 0.25) is 0 Å². The summed E-state index contributed by atoms with van der Waals surface area (Å²) < 4.78 is 11.5. The maximum Gasteiger partial charge on any atom is 0.270 e. The number of benzene rings is 1. The third-order valence-electron chi connectivity index (χ3n) is 4.25. The number of nitrogens with one attached hydrogen (secondary N) is 1. The van der Waals surface area contributed by atoms with Gasteiger partial charge in [-0.15, -0.1) is 11.3 Å². The number of hydrogen-bond acceptors (Lipinski definition) is 6. The molecule has 1 aromatic heterocycles. The first-order valence-corrected chi connectivity index (χ1v) is 9.36. The fourth-order valence-corrected chi connectivity index (χ4v) is 3.39. The second-order valence-electron chi connectivity index (χ2n) is 5.99. The van der Waals surface area contributed by atoms with Gasteiger partial charge in [-0.2, -0.15) is 0 Å². The predicted molar refractivity (Wildman–Crippen MR) is 97.4 cm³/mol. The Morgan fingerprint density at radius 3 is 3.12 bits per heavy atom. The largest absolute Gasteiger partial charge is 0.497 e. The van der Waals surface area contributed by atoms with Crippen molar-refractivity contribution in [2.45, 2.75) is 26.0 Å². The number of thiazole rings is 1. The summed E-state index contributed by atoms with van der Waals surface area (Å²) in [6, 6.07) is 5.92. The van der Waals surface area contributed by atoms with Gasteiger partial charge in [0.15, 0.2) is 0 Å². The van der Waals surface area contributed by atoms with Gasteiger partial charge in [0, 0.05) is 37.1 Å². The van der Waals surface area contributed by atoms with Gasteiger partial charge in [0.05, 0.1) is 12.6 Å². The summed E-state index contributed by atoms with van der Waals surface area (Å²) in [5.41, 5.74) is 3.25. The molecule has 134 valence electrons. The molecule has 0 bridgehead atoms. The highest BCUT2D eigenvalue weighted by molar-refractivity contribution is 7.07. The van der Waals surface area contributed by atoms with Crippen molar-refractivity contribution in [3.8, 4) is 11.5 Å². The highest BCUT2D eigenvalue weighted by Gasteiger charge is 2.22. The number of nitrogens with zero attached hydrogens (tertiary/aromatic N) is 2. The Balaban J connectivity index is 1.62. The summed E-state index contributed by atoms with van der Waals surface area (Å²) in [6.07, 6.45) is 1.08. The van der Waals surface area contributed by atoms with Crippen LogP contribution in [0.1, 0.15) is 29.4 Å². The van der Waals surface area contributed by atoms with Crippen LogP contribution in [0.5, 0.6) is 11.5 Å². The van der Waals surface area contributed by atoms with Crippen molar-refractivity contribution in [1.82, 2.24) is 15.2 Å². The molecule has 1 aliphatic heterocycles. The molecular formula is C18H23N3O3S. The summed E-state index contributed by atoms with van der Waals surface area (Å²) in [7, 11) is 1.67. The molecule has 0 radical (unpaired) electrons. The van der Waals surface area contributed by atoms with E-state index in [9.17, 15) is 4.79 Å². The molecule has 0 fully saturated rings. The molecule has 1 N–H and O–H groups in total. The van der Waals surface area contributed by atoms with Crippen molar-refractivity contribution in [3.63, 3.8) is 0 Å². The number of amides is 1. The monoisotopic (exact) mass is 361 g/mol. The van der Waals surface area contributed by atoms with Gasteiger partial charge in [0.25, 0.3) is 5.91 Å². The molecule has 1 aliphatic rings. The van der Waals surface area contributed by atoms with Crippen molar-refractivity contribution in [3.05, 3.63) is 40.3 Å². The zero-order valence-electron chi connectivity index (χ0n) is 14.5. The van der Waals surface area contributed by atoms with Crippen molar-refractivity contribution in [2.75, 3.05) is 26.7 Å². The molecule has 1 unspecified atom stereocenters. The fraction of sp³-hybridized carbons (Fsp3) is 0.444. The Hall–Kier alpha value is -2.12. The van der Waals surface area contributed by atoms with E-state index in [-0.39, 0.29) is 12.0 Å². The van der Waals surface area contributed by atoms with E-state index in [2.05, 4.69) is 22.1 Å². The normalized spacial score (nSPS) is 17.3. The van der Waals surface area contributed by atoms with E-state index in [1.165, 1.54) is 11.3 Å². The molecule has 1 amide bonds. The van der Waals surface area contributed by atoms with Crippen molar-refractivity contribution >= 4 is 17.2 Å². The van der Waals surface area contributed by atoms with Gasteiger partial charge in [-0.25, -0.2) is 4.98 Å². The van der Waals surface area contributed by atoms with E-state index in [4.69, 9.17) is 9.47 Å². The van der Waals surface area contributed by atoms with Crippen LogP contribution in [-0.2, 0) is 6.54 Å². The maximum atomic E-state index is 12.0. The summed E-state index contributed by atoms with van der Waals surface area (Å²) in [5.74, 6) is 1.62. The Morgan fingerprint density at radius 1 is 1.52 bits per heavy atom. The van der Waals surface area contributed by atoms with Crippen LogP contribution in [0.2, 0.25) is 0 Å². The molecule has 2 aromatic rings. The topological polar surface area (TPSA) is 63.7 Å². The number of hydrogen-bond donors (Lipinski definition) is 1. The summed E-state index contributed by atoms with van der Waals surface area (Å²) >= 11 is 1.42. The number of aromatic nitrogens is 1. The average Bonchev–Trinajstić information content (AvgIpc) is 3.10. The minimum Gasteiger partial charge on any atom is -0.497 e. The van der Waals surface area contributed by atoms with Crippen molar-refractivity contribution in [1.29, 1.82) is 0 Å². The minimum atomic E-state index is -0.124. The molecule has 1 aromatic carbocycles. The lowest BCUT2D eigenvalue weighted by Gasteiger charge is -2.23. The summed E-state index contributed by atoms with van der Waals surface area (Å²) in [4.78, 5) is 18.3. The number of fused-ring (bicyclic) bond motifs is 1. The zero-order chi connectivity index (χ0) is 17.6. The number of carbonyl (C=O) groups excluding carboxylic acids is 1. The second kappa shape index (κ2) is 8.31. The highest BCUT2D eigenvalue weighted by Crippen LogP contribution is 2.29. The van der Waals surface area contributed by atoms with Gasteiger partial charge >= 0.3 is 0 Å². The number of ether oxygens (including phenoxy) is 2. The van der Waals surface area contributed by atoms with Crippen molar-refractivity contribution < 1.29 is 14.3 Å². The summed E-state index contributed by atoms with van der Waals surface area (Å²) in [5, 5.41) is 4.68. The van der Waals surface area contributed by atoms with Gasteiger partial charge in [-0.3, -0.25) is 9.69 Å². The van der Waals surface area contributed by atoms with Crippen LogP contribution in [0.4, 0.5) is 0 Å². The van der Waals surface area contributed by atoms with E-state index in [1.807, 2.05) is 18.2 Å². The SMILES string of the molecule is CCC1CN(CCNC(=O)c2cscn2)Cc2cc(OC)ccc2O1. The van der Waals surface area contributed by atoms with Crippen LogP contribution in [0, 0.1) is 0 Å². The fourth-order valence-electron chi connectivity index (χ4n) is 2.86. The lowest BCUT2D eigenvalue weighted by Crippen LogP contribution is -2.38. The summed E-state index contributed by atoms with van der Waals surface area (Å²) in [6.45, 7) is 5.07. The van der Waals surface area contributed by atoms with Gasteiger partial charge in [0.1, 0.15) is 23.3 Å². The van der Waals surface area contributed by atoms with Crippen molar-refractivity contribution in [2.24, 2.45) is 0 Å². The van der Waals surface area contributed by atoms with E-state index < -0.39 is 0 Å². The second-order valence-corrected chi connectivity index (χ2v) is 6.71. The van der Waals surface area contributed by atoms with E-state index >= 15 is 0 Å². The Bertz CT molecular complexity index is 706. The molecule has 0 saturated heterocycles. The Morgan fingerprint density at radius 2 is 2.40 bits per heavy atom. The van der Waals surface area contributed by atoms with Crippen LogP contribution >= 0.6 is 11.3 Å². The molecule has 1 atom stereocenters. The minimum absolute atomic E-state index is 0.124. The Labute approximate surface area is 151 Å². The Kier molecular flexibility index (Phi) is 5.88. The molecule has 6 nitrogen and oxygen atoms in total. The van der Waals surface area contributed by atoms with Crippen LogP contribution in [0.15, 0.2) is 29.1 Å². The van der Waals surface area contributed by atoms with E-state index in [1.54, 1.807) is 18.0 Å². The van der Waals surface area contributed by atoms with Crippen LogP contribution in [-0.4, -0.2) is 48.6 Å². The van der Waals surface area contributed by atoms with Crippen LogP contribution < -0.4 is 14.8 Å². The first-order valence-electron chi connectivity index (χ1n) is 8.42. The average molecular weight is 361 g/mol. The maximum absolute atomic E-state index is 12.0. The van der Waals surface area contributed by atoms with Crippen LogP contribution in [0.25, 0.3) is 0 Å². The highest BCUT2D eigenvalue weighted by atomic mass is 32.1. The first-order chi connectivity index (χ1) is 12.2. The first kappa shape index (κ1) is 17.7. The lowest BCUT2D eigenvalue weighted by atomic mass is 10.2. The van der Waals surface area contributed by atoms with Gasteiger partial charge in [-0.1, -0.05) is 6.92 Å². The molecule has 3 rings (SSSR count). The standard InChI is InChI=1S/C18H23N3O3S/c1-3-14-10-21(7-6-19-18(22)16-11-25-12-20-16)9-13-8-15(23-2)4-5-17(13)24-14/h4-5,8,11-12,14H,3,6-7,9-10H2,1-2H3,(H,19,22). The smallest absolute Gasteiger partial charge is 0.270 e. The molecule has 0 saturated carbocycles.